The summed E-state index contributed by atoms with van der Waals surface area (Å²) in [5, 5.41) is 5.63. The first-order valence-electron chi connectivity index (χ1n) is 6.43. The molecule has 0 radical (unpaired) electrons. The SMILES string of the molecule is Cc1ccccc1NC(=O)c1ccc2c(c1)NC(=O)C2. The van der Waals surface area contributed by atoms with Gasteiger partial charge in [0.15, 0.2) is 0 Å². The summed E-state index contributed by atoms with van der Waals surface area (Å²) in [4.78, 5) is 23.5. The number of carbonyl (C=O) groups is 2. The maximum Gasteiger partial charge on any atom is 0.255 e. The lowest BCUT2D eigenvalue weighted by molar-refractivity contribution is -0.115. The van der Waals surface area contributed by atoms with Crippen molar-refractivity contribution in [1.29, 1.82) is 0 Å². The molecular weight excluding hydrogens is 252 g/mol. The number of para-hydroxylation sites is 1. The van der Waals surface area contributed by atoms with E-state index in [0.29, 0.717) is 12.0 Å². The molecule has 0 saturated heterocycles. The molecule has 0 atom stereocenters. The predicted octanol–water partition coefficient (Wildman–Crippen LogP) is 2.74. The molecule has 1 heterocycles. The van der Waals surface area contributed by atoms with Crippen LogP contribution in [0.5, 0.6) is 0 Å². The zero-order valence-electron chi connectivity index (χ0n) is 11.1. The maximum absolute atomic E-state index is 12.2. The molecule has 0 aliphatic carbocycles. The zero-order chi connectivity index (χ0) is 14.1. The van der Waals surface area contributed by atoms with Crippen molar-refractivity contribution in [3.63, 3.8) is 0 Å². The van der Waals surface area contributed by atoms with Crippen molar-refractivity contribution in [2.45, 2.75) is 13.3 Å². The summed E-state index contributed by atoms with van der Waals surface area (Å²) in [6, 6.07) is 12.9. The second-order valence-corrected chi connectivity index (χ2v) is 4.87. The molecule has 0 unspecified atom stereocenters. The van der Waals surface area contributed by atoms with Crippen LogP contribution in [0.3, 0.4) is 0 Å². The second-order valence-electron chi connectivity index (χ2n) is 4.87. The number of rotatable bonds is 2. The molecule has 20 heavy (non-hydrogen) atoms. The number of fused-ring (bicyclic) bond motifs is 1. The number of benzene rings is 2. The van der Waals surface area contributed by atoms with E-state index in [4.69, 9.17) is 0 Å². The van der Waals surface area contributed by atoms with Crippen molar-refractivity contribution in [1.82, 2.24) is 0 Å². The van der Waals surface area contributed by atoms with E-state index < -0.39 is 0 Å². The molecule has 1 aliphatic heterocycles. The van der Waals surface area contributed by atoms with Crippen LogP contribution in [-0.4, -0.2) is 11.8 Å². The normalized spacial score (nSPS) is 12.8. The summed E-state index contributed by atoms with van der Waals surface area (Å²) in [7, 11) is 0. The van der Waals surface area contributed by atoms with Crippen LogP contribution < -0.4 is 10.6 Å². The van der Waals surface area contributed by atoms with Gasteiger partial charge in [-0.15, -0.1) is 0 Å². The van der Waals surface area contributed by atoms with Crippen molar-refractivity contribution in [3.8, 4) is 0 Å². The number of carbonyl (C=O) groups excluding carboxylic acids is 2. The van der Waals surface area contributed by atoms with Gasteiger partial charge in [-0.25, -0.2) is 0 Å². The molecule has 3 rings (SSSR count). The third kappa shape index (κ3) is 2.28. The van der Waals surface area contributed by atoms with E-state index in [-0.39, 0.29) is 11.8 Å². The lowest BCUT2D eigenvalue weighted by atomic mass is 10.1. The van der Waals surface area contributed by atoms with E-state index in [9.17, 15) is 9.59 Å². The van der Waals surface area contributed by atoms with Gasteiger partial charge in [0.2, 0.25) is 5.91 Å². The molecule has 0 spiro atoms. The number of aryl methyl sites for hydroxylation is 1. The molecule has 4 heteroatoms. The van der Waals surface area contributed by atoms with Gasteiger partial charge in [-0.05, 0) is 36.2 Å². The largest absolute Gasteiger partial charge is 0.326 e. The van der Waals surface area contributed by atoms with Gasteiger partial charge in [-0.2, -0.15) is 0 Å². The van der Waals surface area contributed by atoms with Crippen molar-refractivity contribution in [3.05, 3.63) is 59.2 Å². The Bertz CT molecular complexity index is 707. The van der Waals surface area contributed by atoms with E-state index in [1.54, 1.807) is 12.1 Å². The van der Waals surface area contributed by atoms with Gasteiger partial charge in [0.25, 0.3) is 5.91 Å². The third-order valence-electron chi connectivity index (χ3n) is 3.39. The van der Waals surface area contributed by atoms with E-state index in [1.807, 2.05) is 37.3 Å². The smallest absolute Gasteiger partial charge is 0.255 e. The lowest BCUT2D eigenvalue weighted by Gasteiger charge is -2.09. The quantitative estimate of drug-likeness (QED) is 0.878. The Kier molecular flexibility index (Phi) is 2.99. The minimum atomic E-state index is -0.178. The van der Waals surface area contributed by atoms with Crippen molar-refractivity contribution >= 4 is 23.2 Å². The summed E-state index contributed by atoms with van der Waals surface area (Å²) in [5.74, 6) is -0.209. The highest BCUT2D eigenvalue weighted by Crippen LogP contribution is 2.24. The molecule has 100 valence electrons. The first-order valence-corrected chi connectivity index (χ1v) is 6.43. The molecule has 2 aromatic carbocycles. The molecule has 2 aromatic rings. The lowest BCUT2D eigenvalue weighted by Crippen LogP contribution is -2.13. The van der Waals surface area contributed by atoms with E-state index in [1.165, 1.54) is 0 Å². The Balaban J connectivity index is 1.84. The van der Waals surface area contributed by atoms with Gasteiger partial charge >= 0.3 is 0 Å². The van der Waals surface area contributed by atoms with Gasteiger partial charge in [0.1, 0.15) is 0 Å². The highest BCUT2D eigenvalue weighted by Gasteiger charge is 2.19. The predicted molar refractivity (Wildman–Crippen MR) is 77.9 cm³/mol. The second kappa shape index (κ2) is 4.81. The van der Waals surface area contributed by atoms with Gasteiger partial charge < -0.3 is 10.6 Å². The van der Waals surface area contributed by atoms with Crippen molar-refractivity contribution in [2.24, 2.45) is 0 Å². The fraction of sp³-hybridized carbons (Fsp3) is 0.125. The third-order valence-corrected chi connectivity index (χ3v) is 3.39. The molecule has 0 saturated carbocycles. The standard InChI is InChI=1S/C16H14N2O2/c1-10-4-2-3-5-13(10)18-16(20)12-7-6-11-9-15(19)17-14(11)8-12/h2-8H,9H2,1H3,(H,17,19)(H,18,20). The molecule has 2 N–H and O–H groups in total. The number of nitrogens with one attached hydrogen (secondary N) is 2. The summed E-state index contributed by atoms with van der Waals surface area (Å²) in [6.45, 7) is 1.94. The van der Waals surface area contributed by atoms with Crippen molar-refractivity contribution < 1.29 is 9.59 Å². The molecule has 0 fully saturated rings. The number of hydrogen-bond acceptors (Lipinski definition) is 2. The molecule has 2 amide bonds. The number of anilines is 2. The van der Waals surface area contributed by atoms with Crippen LogP contribution in [0.2, 0.25) is 0 Å². The average molecular weight is 266 g/mol. The Hall–Kier alpha value is -2.62. The monoisotopic (exact) mass is 266 g/mol. The molecule has 1 aliphatic rings. The average Bonchev–Trinajstić information content (AvgIpc) is 2.80. The minimum Gasteiger partial charge on any atom is -0.326 e. The first kappa shape index (κ1) is 12.4. The Morgan fingerprint density at radius 1 is 1.20 bits per heavy atom. The van der Waals surface area contributed by atoms with Crippen LogP contribution in [0.1, 0.15) is 21.5 Å². The van der Waals surface area contributed by atoms with Crippen molar-refractivity contribution in [2.75, 3.05) is 10.6 Å². The van der Waals surface area contributed by atoms with E-state index >= 15 is 0 Å². The highest BCUT2D eigenvalue weighted by molar-refractivity contribution is 6.07. The van der Waals surface area contributed by atoms with Crippen LogP contribution in [0.15, 0.2) is 42.5 Å². The first-order chi connectivity index (χ1) is 9.63. The zero-order valence-corrected chi connectivity index (χ0v) is 11.1. The summed E-state index contributed by atoms with van der Waals surface area (Å²) in [5.41, 5.74) is 4.00. The van der Waals surface area contributed by atoms with Crippen LogP contribution >= 0.6 is 0 Å². The Morgan fingerprint density at radius 2 is 2.00 bits per heavy atom. The highest BCUT2D eigenvalue weighted by atomic mass is 16.2. The van der Waals surface area contributed by atoms with Crippen LogP contribution in [0.25, 0.3) is 0 Å². The van der Waals surface area contributed by atoms with Crippen LogP contribution in [0, 0.1) is 6.92 Å². The Labute approximate surface area is 116 Å². The molecular formula is C16H14N2O2. The van der Waals surface area contributed by atoms with E-state index in [0.717, 1.165) is 22.5 Å². The van der Waals surface area contributed by atoms with E-state index in [2.05, 4.69) is 10.6 Å². The van der Waals surface area contributed by atoms with Crippen LogP contribution in [-0.2, 0) is 11.2 Å². The molecule has 4 nitrogen and oxygen atoms in total. The van der Waals surface area contributed by atoms with Gasteiger partial charge in [0, 0.05) is 16.9 Å². The van der Waals surface area contributed by atoms with Gasteiger partial charge in [-0.3, -0.25) is 9.59 Å². The van der Waals surface area contributed by atoms with Gasteiger partial charge in [-0.1, -0.05) is 24.3 Å². The fourth-order valence-electron chi connectivity index (χ4n) is 2.26. The number of amides is 2. The summed E-state index contributed by atoms with van der Waals surface area (Å²) in [6.07, 6.45) is 0.384. The fourth-order valence-corrected chi connectivity index (χ4v) is 2.26. The Morgan fingerprint density at radius 3 is 2.80 bits per heavy atom. The summed E-state index contributed by atoms with van der Waals surface area (Å²) < 4.78 is 0. The minimum absolute atomic E-state index is 0.0311. The van der Waals surface area contributed by atoms with Crippen LogP contribution in [0.4, 0.5) is 11.4 Å². The molecule has 0 bridgehead atoms. The molecule has 0 aromatic heterocycles. The van der Waals surface area contributed by atoms with Gasteiger partial charge in [0.05, 0.1) is 6.42 Å². The number of hydrogen-bond donors (Lipinski definition) is 2. The topological polar surface area (TPSA) is 58.2 Å². The maximum atomic E-state index is 12.2. The summed E-state index contributed by atoms with van der Waals surface area (Å²) >= 11 is 0.